The Kier molecular flexibility index (Phi) is 3.68. The molecule has 112 valence electrons. The summed E-state index contributed by atoms with van der Waals surface area (Å²) in [5.74, 6) is 1.94. The van der Waals surface area contributed by atoms with Crippen molar-refractivity contribution in [2.75, 3.05) is 6.54 Å². The van der Waals surface area contributed by atoms with Gasteiger partial charge in [0.15, 0.2) is 5.82 Å². The highest BCUT2D eigenvalue weighted by Gasteiger charge is 2.27. The molecule has 0 aliphatic carbocycles. The Morgan fingerprint density at radius 1 is 1.43 bits per heavy atom. The van der Waals surface area contributed by atoms with E-state index in [-0.39, 0.29) is 11.9 Å². The lowest BCUT2D eigenvalue weighted by Gasteiger charge is -2.32. The van der Waals surface area contributed by atoms with Crippen LogP contribution in [0.25, 0.3) is 0 Å². The molecule has 0 saturated carbocycles. The van der Waals surface area contributed by atoms with Gasteiger partial charge in [-0.2, -0.15) is 5.10 Å². The molecule has 0 radical (unpaired) electrons. The molecule has 1 amide bonds. The maximum atomic E-state index is 12.3. The summed E-state index contributed by atoms with van der Waals surface area (Å²) >= 11 is 0. The van der Waals surface area contributed by atoms with Gasteiger partial charge < -0.3 is 9.47 Å². The van der Waals surface area contributed by atoms with Gasteiger partial charge >= 0.3 is 0 Å². The summed E-state index contributed by atoms with van der Waals surface area (Å²) in [5, 5.41) is 12.3. The van der Waals surface area contributed by atoms with Crippen molar-refractivity contribution in [1.82, 2.24) is 34.4 Å². The van der Waals surface area contributed by atoms with Crippen LogP contribution in [0.1, 0.15) is 37.5 Å². The fourth-order valence-electron chi connectivity index (χ4n) is 2.82. The van der Waals surface area contributed by atoms with Gasteiger partial charge in [-0.1, -0.05) is 0 Å². The summed E-state index contributed by atoms with van der Waals surface area (Å²) in [4.78, 5) is 18.1. The molecule has 0 unspecified atom stereocenters. The van der Waals surface area contributed by atoms with Gasteiger partial charge in [0.1, 0.15) is 18.5 Å². The summed E-state index contributed by atoms with van der Waals surface area (Å²) in [6.45, 7) is 6.02. The van der Waals surface area contributed by atoms with Gasteiger partial charge in [-0.3, -0.25) is 9.48 Å². The van der Waals surface area contributed by atoms with Gasteiger partial charge in [-0.05, 0) is 20.3 Å². The second-order valence-corrected chi connectivity index (χ2v) is 5.42. The second-order valence-electron chi connectivity index (χ2n) is 5.42. The maximum absolute atomic E-state index is 12.3. The monoisotopic (exact) mass is 289 g/mol. The number of hydrogen-bond acceptors (Lipinski definition) is 5. The molecule has 0 N–H and O–H groups in total. The average Bonchev–Trinajstić information content (AvgIpc) is 3.09. The molecule has 0 bridgehead atoms. The van der Waals surface area contributed by atoms with Crippen molar-refractivity contribution in [2.24, 2.45) is 0 Å². The van der Waals surface area contributed by atoms with E-state index >= 15 is 0 Å². The number of aryl methyl sites for hydroxylation is 2. The summed E-state index contributed by atoms with van der Waals surface area (Å²) in [6.07, 6.45) is 4.44. The number of nitrogens with zero attached hydrogens (tertiary/aromatic N) is 7. The van der Waals surface area contributed by atoms with Crippen LogP contribution in [0, 0.1) is 6.92 Å². The fourth-order valence-corrected chi connectivity index (χ4v) is 2.82. The minimum Gasteiger partial charge on any atom is -0.333 e. The first-order valence-corrected chi connectivity index (χ1v) is 7.15. The predicted molar refractivity (Wildman–Crippen MR) is 74.1 cm³/mol. The van der Waals surface area contributed by atoms with E-state index < -0.39 is 0 Å². The van der Waals surface area contributed by atoms with Crippen LogP contribution in [0.2, 0.25) is 0 Å². The molecule has 2 aromatic heterocycles. The Bertz CT molecular complexity index is 619. The van der Waals surface area contributed by atoms with Gasteiger partial charge in [0.05, 0.1) is 12.6 Å². The van der Waals surface area contributed by atoms with Gasteiger partial charge in [-0.15, -0.1) is 10.2 Å². The van der Waals surface area contributed by atoms with Gasteiger partial charge in [0, 0.05) is 19.5 Å². The number of aromatic nitrogens is 6. The lowest BCUT2D eigenvalue weighted by molar-refractivity contribution is -0.133. The van der Waals surface area contributed by atoms with Gasteiger partial charge in [-0.25, -0.2) is 4.98 Å². The van der Waals surface area contributed by atoms with E-state index in [4.69, 9.17) is 0 Å². The lowest BCUT2D eigenvalue weighted by atomic mass is 10.2. The number of hydrogen-bond donors (Lipinski definition) is 0. The molecule has 21 heavy (non-hydrogen) atoms. The van der Waals surface area contributed by atoms with Gasteiger partial charge in [0.25, 0.3) is 0 Å². The molecule has 0 saturated heterocycles. The van der Waals surface area contributed by atoms with E-state index in [1.165, 1.54) is 6.33 Å². The molecule has 1 atom stereocenters. The van der Waals surface area contributed by atoms with E-state index in [1.807, 2.05) is 11.8 Å². The molecule has 2 aromatic rings. The fraction of sp³-hybridized carbons (Fsp3) is 0.615. The Hall–Kier alpha value is -2.25. The summed E-state index contributed by atoms with van der Waals surface area (Å²) in [5.41, 5.74) is 0. The average molecular weight is 289 g/mol. The summed E-state index contributed by atoms with van der Waals surface area (Å²) < 4.78 is 3.85. The van der Waals surface area contributed by atoms with Crippen LogP contribution in [-0.2, 0) is 17.9 Å². The maximum Gasteiger partial charge on any atom is 0.223 e. The Morgan fingerprint density at radius 2 is 2.29 bits per heavy atom. The van der Waals surface area contributed by atoms with Crippen LogP contribution < -0.4 is 0 Å². The minimum absolute atomic E-state index is 0.161. The first kappa shape index (κ1) is 13.7. The minimum atomic E-state index is 0.161. The highest BCUT2D eigenvalue weighted by molar-refractivity contribution is 5.76. The number of amides is 1. The summed E-state index contributed by atoms with van der Waals surface area (Å²) in [6, 6.07) is 0.225. The SMILES string of the molecule is Cc1nnc2n1[C@H](C)CN(C(=O)CCCn1cncn1)C2. The van der Waals surface area contributed by atoms with E-state index in [0.717, 1.165) is 18.1 Å². The predicted octanol–water partition coefficient (Wildman–Crippen LogP) is 0.562. The topological polar surface area (TPSA) is 81.7 Å². The molecule has 8 nitrogen and oxygen atoms in total. The number of fused-ring (bicyclic) bond motifs is 1. The van der Waals surface area contributed by atoms with Crippen molar-refractivity contribution in [3.05, 3.63) is 24.3 Å². The molecule has 0 fully saturated rings. The van der Waals surface area contributed by atoms with Crippen LogP contribution in [0.5, 0.6) is 0 Å². The highest BCUT2D eigenvalue weighted by atomic mass is 16.2. The van der Waals surface area contributed by atoms with Crippen molar-refractivity contribution in [3.8, 4) is 0 Å². The van der Waals surface area contributed by atoms with Crippen molar-refractivity contribution >= 4 is 5.91 Å². The zero-order valence-corrected chi connectivity index (χ0v) is 12.3. The van der Waals surface area contributed by atoms with Crippen LogP contribution >= 0.6 is 0 Å². The Labute approximate surface area is 122 Å². The zero-order valence-electron chi connectivity index (χ0n) is 12.3. The molecule has 3 rings (SSSR count). The van der Waals surface area contributed by atoms with Crippen molar-refractivity contribution < 1.29 is 4.79 Å². The first-order chi connectivity index (χ1) is 10.1. The first-order valence-electron chi connectivity index (χ1n) is 7.15. The zero-order chi connectivity index (χ0) is 14.8. The van der Waals surface area contributed by atoms with Crippen LogP contribution in [0.15, 0.2) is 12.7 Å². The lowest BCUT2D eigenvalue weighted by Crippen LogP contribution is -2.40. The molecule has 1 aliphatic rings. The molecule has 8 heteroatoms. The third-order valence-corrected chi connectivity index (χ3v) is 3.79. The summed E-state index contributed by atoms with van der Waals surface area (Å²) in [7, 11) is 0. The third kappa shape index (κ3) is 2.79. The normalized spacial score (nSPS) is 17.8. The van der Waals surface area contributed by atoms with E-state index in [2.05, 4.69) is 31.8 Å². The van der Waals surface area contributed by atoms with Crippen LogP contribution in [-0.4, -0.2) is 46.9 Å². The van der Waals surface area contributed by atoms with E-state index in [1.54, 1.807) is 11.0 Å². The van der Waals surface area contributed by atoms with Crippen molar-refractivity contribution in [1.29, 1.82) is 0 Å². The number of carbonyl (C=O) groups excluding carboxylic acids is 1. The number of carbonyl (C=O) groups is 1. The Balaban J connectivity index is 1.56. The number of rotatable bonds is 4. The standard InChI is InChI=1S/C13H19N7O/c1-10-6-18(7-12-17-16-11(2)20(10)12)13(21)4-3-5-19-9-14-8-15-19/h8-10H,3-7H2,1-2H3/t10-/m1/s1. The Morgan fingerprint density at radius 3 is 3.05 bits per heavy atom. The second kappa shape index (κ2) is 5.63. The quantitative estimate of drug-likeness (QED) is 0.821. The van der Waals surface area contributed by atoms with Crippen molar-refractivity contribution in [3.63, 3.8) is 0 Å². The molecular formula is C13H19N7O. The van der Waals surface area contributed by atoms with Crippen LogP contribution in [0.3, 0.4) is 0 Å². The van der Waals surface area contributed by atoms with E-state index in [0.29, 0.717) is 26.1 Å². The van der Waals surface area contributed by atoms with Crippen LogP contribution in [0.4, 0.5) is 0 Å². The third-order valence-electron chi connectivity index (χ3n) is 3.79. The smallest absolute Gasteiger partial charge is 0.223 e. The molecule has 1 aliphatic heterocycles. The molecule has 3 heterocycles. The molecule has 0 aromatic carbocycles. The van der Waals surface area contributed by atoms with E-state index in [9.17, 15) is 4.79 Å². The van der Waals surface area contributed by atoms with Crippen molar-refractivity contribution in [2.45, 2.75) is 45.8 Å². The largest absolute Gasteiger partial charge is 0.333 e. The molecular weight excluding hydrogens is 270 g/mol. The highest BCUT2D eigenvalue weighted by Crippen LogP contribution is 2.21. The van der Waals surface area contributed by atoms with Gasteiger partial charge in [0.2, 0.25) is 5.91 Å². The molecule has 0 spiro atoms.